The topological polar surface area (TPSA) is 18.8 Å². The maximum Gasteiger partial charge on any atom is 0.198 e. The van der Waals surface area contributed by atoms with Crippen molar-refractivity contribution in [2.45, 2.75) is 19.5 Å². The van der Waals surface area contributed by atoms with Crippen LogP contribution in [0.2, 0.25) is 0 Å². The van der Waals surface area contributed by atoms with Crippen molar-refractivity contribution in [3.8, 4) is 0 Å². The van der Waals surface area contributed by atoms with E-state index in [4.69, 9.17) is 11.6 Å². The molecule has 2 heterocycles. The van der Waals surface area contributed by atoms with Crippen LogP contribution >= 0.6 is 11.6 Å². The standard InChI is InChI=1S/C15H17ClFN3/c1-15(2)9-20(11-6-4-10(17)5-7-11)13-12(15)8-18-14(16)19(13)3/h4-8,14H,9H2,1-3H3. The Labute approximate surface area is 123 Å². The molecule has 1 atom stereocenters. The fourth-order valence-corrected chi connectivity index (χ4v) is 2.94. The summed E-state index contributed by atoms with van der Waals surface area (Å²) in [7, 11) is 1.93. The first-order valence-corrected chi connectivity index (χ1v) is 7.02. The van der Waals surface area contributed by atoms with Crippen molar-refractivity contribution in [1.82, 2.24) is 4.90 Å². The zero-order valence-electron chi connectivity index (χ0n) is 11.8. The van der Waals surface area contributed by atoms with E-state index < -0.39 is 5.62 Å². The maximum absolute atomic E-state index is 13.1. The summed E-state index contributed by atoms with van der Waals surface area (Å²) in [5.41, 5.74) is 1.72. The molecule has 0 N–H and O–H groups in total. The van der Waals surface area contributed by atoms with Crippen LogP contribution < -0.4 is 4.90 Å². The number of hydrogen-bond donors (Lipinski definition) is 0. The Morgan fingerprint density at radius 2 is 1.95 bits per heavy atom. The number of aliphatic imine (C=N–C) groups is 1. The van der Waals surface area contributed by atoms with Gasteiger partial charge in [-0.2, -0.15) is 0 Å². The van der Waals surface area contributed by atoms with Gasteiger partial charge >= 0.3 is 0 Å². The van der Waals surface area contributed by atoms with Gasteiger partial charge in [0.25, 0.3) is 0 Å². The van der Waals surface area contributed by atoms with E-state index >= 15 is 0 Å². The first kappa shape index (κ1) is 13.4. The molecule has 0 amide bonds. The lowest BCUT2D eigenvalue weighted by Crippen LogP contribution is -2.36. The highest BCUT2D eigenvalue weighted by Crippen LogP contribution is 2.43. The molecule has 0 saturated carbocycles. The number of halogens is 2. The van der Waals surface area contributed by atoms with E-state index in [0.717, 1.165) is 18.1 Å². The molecule has 1 unspecified atom stereocenters. The number of benzene rings is 1. The van der Waals surface area contributed by atoms with Crippen molar-refractivity contribution in [2.24, 2.45) is 10.4 Å². The van der Waals surface area contributed by atoms with E-state index in [2.05, 4.69) is 23.7 Å². The van der Waals surface area contributed by atoms with Crippen LogP contribution in [0.1, 0.15) is 13.8 Å². The third-order valence-corrected chi connectivity index (χ3v) is 4.30. The molecule has 0 bridgehead atoms. The predicted molar refractivity (Wildman–Crippen MR) is 80.4 cm³/mol. The second-order valence-corrected chi connectivity index (χ2v) is 6.27. The quantitative estimate of drug-likeness (QED) is 0.583. The van der Waals surface area contributed by atoms with Crippen LogP contribution in [0.15, 0.2) is 40.7 Å². The molecule has 1 aromatic rings. The Hall–Kier alpha value is -1.55. The number of alkyl halides is 1. The van der Waals surface area contributed by atoms with Gasteiger partial charge in [-0.05, 0) is 24.3 Å². The summed E-state index contributed by atoms with van der Waals surface area (Å²) in [5, 5.41) is 0. The predicted octanol–water partition coefficient (Wildman–Crippen LogP) is 3.42. The lowest BCUT2D eigenvalue weighted by Gasteiger charge is -2.33. The van der Waals surface area contributed by atoms with Crippen molar-refractivity contribution in [3.63, 3.8) is 0 Å². The number of hydrogen-bond acceptors (Lipinski definition) is 3. The van der Waals surface area contributed by atoms with Crippen LogP contribution in [0.25, 0.3) is 0 Å². The Bertz CT molecular complexity index is 592. The maximum atomic E-state index is 13.1. The van der Waals surface area contributed by atoms with Gasteiger partial charge in [-0.1, -0.05) is 25.4 Å². The fraction of sp³-hybridized carbons (Fsp3) is 0.400. The summed E-state index contributed by atoms with van der Waals surface area (Å²) >= 11 is 6.21. The first-order valence-electron chi connectivity index (χ1n) is 6.58. The van der Waals surface area contributed by atoms with Gasteiger partial charge in [0.1, 0.15) is 11.6 Å². The second kappa shape index (κ2) is 4.48. The van der Waals surface area contributed by atoms with Crippen molar-refractivity contribution in [1.29, 1.82) is 0 Å². The van der Waals surface area contributed by atoms with Gasteiger partial charge in [0, 0.05) is 36.5 Å². The summed E-state index contributed by atoms with van der Waals surface area (Å²) in [6.45, 7) is 5.18. The van der Waals surface area contributed by atoms with Crippen LogP contribution in [0.3, 0.4) is 0 Å². The first-order chi connectivity index (χ1) is 9.40. The van der Waals surface area contributed by atoms with Crippen molar-refractivity contribution in [2.75, 3.05) is 18.5 Å². The van der Waals surface area contributed by atoms with Gasteiger partial charge in [0.2, 0.25) is 0 Å². The number of anilines is 1. The molecule has 0 aliphatic carbocycles. The van der Waals surface area contributed by atoms with Gasteiger partial charge in [0.05, 0.1) is 0 Å². The molecule has 0 radical (unpaired) electrons. The van der Waals surface area contributed by atoms with Crippen molar-refractivity contribution >= 4 is 23.5 Å². The zero-order chi connectivity index (χ0) is 14.5. The highest BCUT2D eigenvalue weighted by atomic mass is 35.5. The molecule has 106 valence electrons. The third-order valence-electron chi connectivity index (χ3n) is 3.90. The van der Waals surface area contributed by atoms with Gasteiger partial charge in [-0.15, -0.1) is 0 Å². The van der Waals surface area contributed by atoms with Crippen LogP contribution in [0.5, 0.6) is 0 Å². The average molecular weight is 294 g/mol. The summed E-state index contributed by atoms with van der Waals surface area (Å²) in [6, 6.07) is 6.56. The van der Waals surface area contributed by atoms with Crippen LogP contribution in [-0.2, 0) is 0 Å². The molecule has 0 aromatic heterocycles. The van der Waals surface area contributed by atoms with Gasteiger partial charge in [0.15, 0.2) is 5.62 Å². The van der Waals surface area contributed by atoms with Crippen molar-refractivity contribution < 1.29 is 4.39 Å². The van der Waals surface area contributed by atoms with Crippen LogP contribution in [-0.4, -0.2) is 30.3 Å². The number of rotatable bonds is 1. The Morgan fingerprint density at radius 1 is 1.30 bits per heavy atom. The summed E-state index contributed by atoms with van der Waals surface area (Å²) in [5.74, 6) is 0.826. The Balaban J connectivity index is 2.07. The third kappa shape index (κ3) is 1.99. The molecule has 5 heteroatoms. The second-order valence-electron chi connectivity index (χ2n) is 5.88. The molecule has 3 rings (SSSR count). The monoisotopic (exact) mass is 293 g/mol. The normalized spacial score (nSPS) is 24.4. The average Bonchev–Trinajstić information content (AvgIpc) is 2.67. The summed E-state index contributed by atoms with van der Waals surface area (Å²) in [4.78, 5) is 8.44. The largest absolute Gasteiger partial charge is 0.327 e. The zero-order valence-corrected chi connectivity index (χ0v) is 12.5. The van der Waals surface area contributed by atoms with Crippen LogP contribution in [0.4, 0.5) is 10.1 Å². The molecule has 20 heavy (non-hydrogen) atoms. The van der Waals surface area contributed by atoms with E-state index in [-0.39, 0.29) is 11.2 Å². The molecular weight excluding hydrogens is 277 g/mol. The Morgan fingerprint density at radius 3 is 2.60 bits per heavy atom. The van der Waals surface area contributed by atoms with Gasteiger partial charge < -0.3 is 9.80 Å². The van der Waals surface area contributed by atoms with E-state index in [1.165, 1.54) is 17.7 Å². The SMILES string of the molecule is CN1C2=C(C=NC1Cl)C(C)(C)CN2c1ccc(F)cc1. The number of nitrogens with zero attached hydrogens (tertiary/aromatic N) is 3. The van der Waals surface area contributed by atoms with Gasteiger partial charge in [-0.25, -0.2) is 4.39 Å². The summed E-state index contributed by atoms with van der Waals surface area (Å²) in [6.07, 6.45) is 1.87. The molecule has 3 nitrogen and oxygen atoms in total. The van der Waals surface area contributed by atoms with Gasteiger partial charge in [-0.3, -0.25) is 4.99 Å². The Kier molecular flexibility index (Phi) is 3.01. The minimum absolute atomic E-state index is 0.0154. The van der Waals surface area contributed by atoms with E-state index in [1.54, 1.807) is 12.1 Å². The lowest BCUT2D eigenvalue weighted by molar-refractivity contribution is 0.381. The van der Waals surface area contributed by atoms with E-state index in [0.29, 0.717) is 0 Å². The summed E-state index contributed by atoms with van der Waals surface area (Å²) < 4.78 is 13.1. The molecule has 0 saturated heterocycles. The molecule has 1 aromatic carbocycles. The molecule has 0 spiro atoms. The van der Waals surface area contributed by atoms with E-state index in [1.807, 2.05) is 18.2 Å². The lowest BCUT2D eigenvalue weighted by atomic mass is 9.87. The molecule has 0 fully saturated rings. The molecule has 2 aliphatic heterocycles. The fourth-order valence-electron chi connectivity index (χ4n) is 2.79. The minimum atomic E-state index is -0.398. The van der Waals surface area contributed by atoms with E-state index in [9.17, 15) is 4.39 Å². The molecule has 2 aliphatic rings. The highest BCUT2D eigenvalue weighted by Gasteiger charge is 2.41. The van der Waals surface area contributed by atoms with Crippen LogP contribution in [0, 0.1) is 11.2 Å². The highest BCUT2D eigenvalue weighted by molar-refractivity contribution is 6.21. The molecular formula is C15H17ClFN3. The van der Waals surface area contributed by atoms with Crippen molar-refractivity contribution in [3.05, 3.63) is 41.5 Å². The minimum Gasteiger partial charge on any atom is -0.327 e. The smallest absolute Gasteiger partial charge is 0.198 e.